The largest absolute Gasteiger partial charge is 0.497 e. The zero-order valence-corrected chi connectivity index (χ0v) is 21.6. The molecular formula is C22H36IN7O. The molecule has 1 atom stereocenters. The van der Waals surface area contributed by atoms with Crippen LogP contribution in [0.4, 0.5) is 5.69 Å². The standard InChI is InChI=1S/C22H35N7O.HI/c1-6-23-22(24-16-21(26(2)3)18-15-25-27(4)17-18)29-12-10-28(11-13-29)19-8-7-9-20(14-19)30-5;/h7-9,14-15,17,21H,6,10-13,16H2,1-5H3,(H,23,24);1H. The molecule has 0 saturated carbocycles. The van der Waals surface area contributed by atoms with Crippen LogP contribution in [-0.4, -0.2) is 86.0 Å². The molecule has 9 heteroatoms. The van der Waals surface area contributed by atoms with E-state index in [1.165, 1.54) is 11.3 Å². The number of likely N-dealkylation sites (N-methyl/N-ethyl adjacent to an activating group) is 1. The van der Waals surface area contributed by atoms with Crippen LogP contribution in [0, 0.1) is 0 Å². The number of hydrogen-bond donors (Lipinski definition) is 1. The molecule has 0 radical (unpaired) electrons. The smallest absolute Gasteiger partial charge is 0.194 e. The molecule has 2 heterocycles. The molecule has 1 aliphatic rings. The van der Waals surface area contributed by atoms with Crippen molar-refractivity contribution in [2.24, 2.45) is 12.0 Å². The van der Waals surface area contributed by atoms with Gasteiger partial charge in [-0.15, -0.1) is 24.0 Å². The van der Waals surface area contributed by atoms with Crippen LogP contribution < -0.4 is 15.0 Å². The van der Waals surface area contributed by atoms with Gasteiger partial charge in [-0.25, -0.2) is 0 Å². The van der Waals surface area contributed by atoms with Crippen LogP contribution in [0.25, 0.3) is 0 Å². The Labute approximate surface area is 203 Å². The molecule has 3 rings (SSSR count). The van der Waals surface area contributed by atoms with E-state index in [2.05, 4.69) is 64.5 Å². The van der Waals surface area contributed by atoms with Gasteiger partial charge in [-0.3, -0.25) is 9.67 Å². The minimum absolute atomic E-state index is 0. The number of aliphatic imine (C=N–C) groups is 1. The van der Waals surface area contributed by atoms with Gasteiger partial charge in [-0.05, 0) is 33.2 Å². The lowest BCUT2D eigenvalue weighted by Crippen LogP contribution is -2.52. The average molecular weight is 541 g/mol. The lowest BCUT2D eigenvalue weighted by atomic mass is 10.1. The molecule has 8 nitrogen and oxygen atoms in total. The number of piperazine rings is 1. The second kappa shape index (κ2) is 12.1. The molecule has 0 spiro atoms. The Balaban J connectivity index is 0.00000341. The monoisotopic (exact) mass is 541 g/mol. The van der Waals surface area contributed by atoms with Gasteiger partial charge in [-0.1, -0.05) is 6.07 Å². The fraction of sp³-hybridized carbons (Fsp3) is 0.545. The van der Waals surface area contributed by atoms with Crippen molar-refractivity contribution < 1.29 is 4.74 Å². The number of rotatable bonds is 7. The number of aromatic nitrogens is 2. The van der Waals surface area contributed by atoms with E-state index in [4.69, 9.17) is 9.73 Å². The Morgan fingerprint density at radius 3 is 2.58 bits per heavy atom. The van der Waals surface area contributed by atoms with Gasteiger partial charge in [-0.2, -0.15) is 5.10 Å². The summed E-state index contributed by atoms with van der Waals surface area (Å²) in [5.74, 6) is 1.88. The molecule has 2 aromatic rings. The summed E-state index contributed by atoms with van der Waals surface area (Å²) in [4.78, 5) is 11.9. The molecule has 0 bridgehead atoms. The number of aryl methyl sites for hydroxylation is 1. The van der Waals surface area contributed by atoms with Crippen molar-refractivity contribution in [1.29, 1.82) is 0 Å². The zero-order chi connectivity index (χ0) is 21.5. The maximum absolute atomic E-state index is 5.37. The van der Waals surface area contributed by atoms with Crippen LogP contribution in [-0.2, 0) is 7.05 Å². The van der Waals surface area contributed by atoms with Crippen molar-refractivity contribution in [3.05, 3.63) is 42.2 Å². The highest BCUT2D eigenvalue weighted by molar-refractivity contribution is 14.0. The lowest BCUT2D eigenvalue weighted by Gasteiger charge is -2.38. The number of methoxy groups -OCH3 is 1. The van der Waals surface area contributed by atoms with Crippen molar-refractivity contribution >= 4 is 35.6 Å². The van der Waals surface area contributed by atoms with Crippen LogP contribution in [0.2, 0.25) is 0 Å². The Kier molecular flexibility index (Phi) is 9.89. The van der Waals surface area contributed by atoms with Crippen molar-refractivity contribution in [1.82, 2.24) is 24.9 Å². The van der Waals surface area contributed by atoms with E-state index in [1.54, 1.807) is 7.11 Å². The Hall–Kier alpha value is -2.01. The number of nitrogens with one attached hydrogen (secondary N) is 1. The molecule has 1 N–H and O–H groups in total. The second-order valence-electron chi connectivity index (χ2n) is 7.80. The van der Waals surface area contributed by atoms with Crippen molar-refractivity contribution in [3.63, 3.8) is 0 Å². The second-order valence-corrected chi connectivity index (χ2v) is 7.80. The van der Waals surface area contributed by atoms with Crippen LogP contribution >= 0.6 is 24.0 Å². The van der Waals surface area contributed by atoms with Crippen LogP contribution in [0.3, 0.4) is 0 Å². The fourth-order valence-electron chi connectivity index (χ4n) is 3.76. The number of halogens is 1. The normalized spacial score (nSPS) is 15.6. The first-order valence-corrected chi connectivity index (χ1v) is 10.6. The lowest BCUT2D eigenvalue weighted by molar-refractivity contribution is 0.303. The third kappa shape index (κ3) is 6.73. The number of guanidine groups is 1. The van der Waals surface area contributed by atoms with Gasteiger partial charge in [0.25, 0.3) is 0 Å². The first-order chi connectivity index (χ1) is 14.5. The zero-order valence-electron chi connectivity index (χ0n) is 19.3. The molecule has 1 unspecified atom stereocenters. The van der Waals surface area contributed by atoms with E-state index in [1.807, 2.05) is 30.1 Å². The molecule has 1 aromatic carbocycles. The molecule has 31 heavy (non-hydrogen) atoms. The summed E-state index contributed by atoms with van der Waals surface area (Å²) in [6.07, 6.45) is 4.00. The maximum Gasteiger partial charge on any atom is 0.194 e. The summed E-state index contributed by atoms with van der Waals surface area (Å²) in [6.45, 7) is 7.44. The summed E-state index contributed by atoms with van der Waals surface area (Å²) in [5, 5.41) is 7.80. The Morgan fingerprint density at radius 2 is 2.00 bits per heavy atom. The van der Waals surface area contributed by atoms with E-state index in [0.717, 1.165) is 44.4 Å². The van der Waals surface area contributed by atoms with E-state index >= 15 is 0 Å². The van der Waals surface area contributed by atoms with E-state index in [0.29, 0.717) is 6.54 Å². The number of hydrogen-bond acceptors (Lipinski definition) is 5. The van der Waals surface area contributed by atoms with Gasteiger partial charge in [0.2, 0.25) is 0 Å². The van der Waals surface area contributed by atoms with Gasteiger partial charge >= 0.3 is 0 Å². The Bertz CT molecular complexity index is 831. The predicted octanol–water partition coefficient (Wildman–Crippen LogP) is 2.44. The van der Waals surface area contributed by atoms with Gasteiger partial charge in [0.1, 0.15) is 5.75 Å². The van der Waals surface area contributed by atoms with Gasteiger partial charge in [0.15, 0.2) is 5.96 Å². The van der Waals surface area contributed by atoms with Gasteiger partial charge in [0.05, 0.1) is 25.9 Å². The number of benzene rings is 1. The highest BCUT2D eigenvalue weighted by atomic mass is 127. The molecular weight excluding hydrogens is 505 g/mol. The minimum atomic E-state index is 0. The van der Waals surface area contributed by atoms with E-state index < -0.39 is 0 Å². The molecule has 1 fully saturated rings. The summed E-state index contributed by atoms with van der Waals surface area (Å²) in [7, 11) is 7.84. The molecule has 1 saturated heterocycles. The van der Waals surface area contributed by atoms with E-state index in [-0.39, 0.29) is 30.0 Å². The van der Waals surface area contributed by atoms with Gasteiger partial charge in [0, 0.05) is 63.3 Å². The summed E-state index contributed by atoms with van der Waals surface area (Å²) in [6, 6.07) is 8.48. The van der Waals surface area contributed by atoms with Crippen molar-refractivity contribution in [2.75, 3.05) is 65.4 Å². The molecule has 172 valence electrons. The number of ether oxygens (including phenoxy) is 1. The van der Waals surface area contributed by atoms with Crippen LogP contribution in [0.15, 0.2) is 41.7 Å². The Morgan fingerprint density at radius 1 is 1.26 bits per heavy atom. The number of nitrogens with zero attached hydrogens (tertiary/aromatic N) is 6. The first kappa shape index (κ1) is 25.3. The maximum atomic E-state index is 5.37. The van der Waals surface area contributed by atoms with Crippen molar-refractivity contribution in [3.8, 4) is 5.75 Å². The topological polar surface area (TPSA) is 61.2 Å². The summed E-state index contributed by atoms with van der Waals surface area (Å²) >= 11 is 0. The average Bonchev–Trinajstić information content (AvgIpc) is 3.19. The molecule has 1 aliphatic heterocycles. The van der Waals surface area contributed by atoms with Crippen LogP contribution in [0.1, 0.15) is 18.5 Å². The van der Waals surface area contributed by atoms with E-state index in [9.17, 15) is 0 Å². The van der Waals surface area contributed by atoms with Crippen molar-refractivity contribution in [2.45, 2.75) is 13.0 Å². The SMILES string of the molecule is CCNC(=NCC(c1cnn(C)c1)N(C)C)N1CCN(c2cccc(OC)c2)CC1.I. The van der Waals surface area contributed by atoms with Gasteiger partial charge < -0.3 is 24.8 Å². The summed E-state index contributed by atoms with van der Waals surface area (Å²) in [5.41, 5.74) is 2.39. The highest BCUT2D eigenvalue weighted by Gasteiger charge is 2.21. The molecule has 1 aromatic heterocycles. The third-order valence-electron chi connectivity index (χ3n) is 5.48. The number of anilines is 1. The fourth-order valence-corrected chi connectivity index (χ4v) is 3.76. The molecule has 0 amide bonds. The predicted molar refractivity (Wildman–Crippen MR) is 138 cm³/mol. The minimum Gasteiger partial charge on any atom is -0.497 e. The first-order valence-electron chi connectivity index (χ1n) is 10.6. The quantitative estimate of drug-likeness (QED) is 0.330. The van der Waals surface area contributed by atoms with Crippen LogP contribution in [0.5, 0.6) is 5.75 Å². The molecule has 0 aliphatic carbocycles. The summed E-state index contributed by atoms with van der Waals surface area (Å²) < 4.78 is 7.22. The third-order valence-corrected chi connectivity index (χ3v) is 5.48. The highest BCUT2D eigenvalue weighted by Crippen LogP contribution is 2.22.